The summed E-state index contributed by atoms with van der Waals surface area (Å²) < 4.78 is 5.90. The van der Waals surface area contributed by atoms with E-state index in [0.29, 0.717) is 22.5 Å². The molecule has 0 fully saturated rings. The second-order valence-corrected chi connectivity index (χ2v) is 4.67. The molecule has 19 heavy (non-hydrogen) atoms. The van der Waals surface area contributed by atoms with Gasteiger partial charge in [0.25, 0.3) is 5.69 Å². The van der Waals surface area contributed by atoms with Gasteiger partial charge in [0.05, 0.1) is 4.92 Å². The van der Waals surface area contributed by atoms with Crippen LogP contribution in [-0.2, 0) is 6.61 Å². The highest BCUT2D eigenvalue weighted by Crippen LogP contribution is 2.34. The molecule has 0 spiro atoms. The summed E-state index contributed by atoms with van der Waals surface area (Å²) in [5.74, 6) is 0.427. The summed E-state index contributed by atoms with van der Waals surface area (Å²) in [5.41, 5.74) is 7.20. The summed E-state index contributed by atoms with van der Waals surface area (Å²) in [5, 5.41) is 10.8. The van der Waals surface area contributed by atoms with E-state index in [2.05, 4.69) is 15.9 Å². The van der Waals surface area contributed by atoms with Crippen LogP contribution in [0.3, 0.4) is 0 Å². The molecule has 2 aromatic carbocycles. The van der Waals surface area contributed by atoms with Crippen molar-refractivity contribution in [1.29, 1.82) is 0 Å². The molecule has 6 heteroatoms. The van der Waals surface area contributed by atoms with Crippen LogP contribution in [0.25, 0.3) is 0 Å². The van der Waals surface area contributed by atoms with Crippen LogP contribution in [0.2, 0.25) is 0 Å². The van der Waals surface area contributed by atoms with Gasteiger partial charge in [-0.1, -0.05) is 18.2 Å². The fourth-order valence-electron chi connectivity index (χ4n) is 1.60. The molecule has 0 aliphatic carbocycles. The molecule has 0 aliphatic rings. The molecule has 0 heterocycles. The number of halogens is 1. The maximum atomic E-state index is 10.8. The van der Waals surface area contributed by atoms with E-state index >= 15 is 0 Å². The van der Waals surface area contributed by atoms with Gasteiger partial charge in [-0.3, -0.25) is 10.1 Å². The molecule has 5 nitrogen and oxygen atoms in total. The van der Waals surface area contributed by atoms with Crippen LogP contribution in [0.15, 0.2) is 46.9 Å². The molecule has 0 aromatic heterocycles. The zero-order valence-corrected chi connectivity index (χ0v) is 11.5. The van der Waals surface area contributed by atoms with Gasteiger partial charge in [0, 0.05) is 11.8 Å². The van der Waals surface area contributed by atoms with Gasteiger partial charge in [-0.05, 0) is 39.7 Å². The Hall–Kier alpha value is -2.08. The third kappa shape index (κ3) is 3.23. The summed E-state index contributed by atoms with van der Waals surface area (Å²) in [6.45, 7) is 0.296. The molecular weight excluding hydrogens is 312 g/mol. The minimum atomic E-state index is -0.461. The molecule has 0 saturated heterocycles. The van der Waals surface area contributed by atoms with Crippen LogP contribution in [0.5, 0.6) is 5.75 Å². The Morgan fingerprint density at radius 3 is 2.68 bits per heavy atom. The number of anilines is 1. The second-order valence-electron chi connectivity index (χ2n) is 3.88. The van der Waals surface area contributed by atoms with Crippen LogP contribution in [0.1, 0.15) is 5.56 Å². The molecule has 2 N–H and O–H groups in total. The Morgan fingerprint density at radius 2 is 2.00 bits per heavy atom. The molecule has 0 unspecified atom stereocenters. The van der Waals surface area contributed by atoms with Crippen molar-refractivity contribution < 1.29 is 9.66 Å². The topological polar surface area (TPSA) is 78.4 Å². The third-order valence-corrected chi connectivity index (χ3v) is 3.28. The predicted molar refractivity (Wildman–Crippen MR) is 76.0 cm³/mol. The van der Waals surface area contributed by atoms with Crippen molar-refractivity contribution in [1.82, 2.24) is 0 Å². The Kier molecular flexibility index (Phi) is 4.01. The fourth-order valence-corrected chi connectivity index (χ4v) is 2.12. The lowest BCUT2D eigenvalue weighted by molar-refractivity contribution is -0.385. The van der Waals surface area contributed by atoms with Gasteiger partial charge >= 0.3 is 0 Å². The Balaban J connectivity index is 2.16. The number of rotatable bonds is 4. The lowest BCUT2D eigenvalue weighted by atomic mass is 10.2. The van der Waals surface area contributed by atoms with Crippen molar-refractivity contribution >= 4 is 27.3 Å². The van der Waals surface area contributed by atoms with E-state index in [1.165, 1.54) is 6.07 Å². The zero-order valence-electron chi connectivity index (χ0n) is 9.88. The Morgan fingerprint density at radius 1 is 1.26 bits per heavy atom. The van der Waals surface area contributed by atoms with Crippen LogP contribution in [0.4, 0.5) is 11.4 Å². The third-order valence-electron chi connectivity index (χ3n) is 2.48. The summed E-state index contributed by atoms with van der Waals surface area (Å²) >= 11 is 3.18. The van der Waals surface area contributed by atoms with Crippen molar-refractivity contribution in [3.8, 4) is 5.75 Å². The first kappa shape index (κ1) is 13.4. The molecule has 0 aliphatic heterocycles. The largest absolute Gasteiger partial charge is 0.487 e. The summed E-state index contributed by atoms with van der Waals surface area (Å²) in [6, 6.07) is 12.0. The molecule has 0 saturated carbocycles. The van der Waals surface area contributed by atoms with E-state index in [0.717, 1.165) is 5.56 Å². The van der Waals surface area contributed by atoms with Crippen molar-refractivity contribution in [3.63, 3.8) is 0 Å². The van der Waals surface area contributed by atoms with E-state index < -0.39 is 4.92 Å². The average molecular weight is 323 g/mol. The van der Waals surface area contributed by atoms with E-state index in [4.69, 9.17) is 10.5 Å². The normalized spacial score (nSPS) is 10.2. The number of nitrogen functional groups attached to an aromatic ring is 1. The lowest BCUT2D eigenvalue weighted by Crippen LogP contribution is -1.98. The fraction of sp³-hybridized carbons (Fsp3) is 0.0769. The number of hydrogen-bond donors (Lipinski definition) is 1. The quantitative estimate of drug-likeness (QED) is 0.530. The van der Waals surface area contributed by atoms with Gasteiger partial charge in [-0.15, -0.1) is 0 Å². The SMILES string of the molecule is Nc1cccc(COc2cccc([N+](=O)[O-])c2Br)c1. The minimum absolute atomic E-state index is 0.0231. The van der Waals surface area contributed by atoms with Crippen molar-refractivity contribution in [2.24, 2.45) is 0 Å². The first-order valence-corrected chi connectivity index (χ1v) is 6.27. The molecule has 0 atom stereocenters. The number of ether oxygens (including phenoxy) is 1. The highest BCUT2D eigenvalue weighted by Gasteiger charge is 2.15. The van der Waals surface area contributed by atoms with E-state index in [1.807, 2.05) is 12.1 Å². The average Bonchev–Trinajstić information content (AvgIpc) is 2.37. The molecule has 0 amide bonds. The molecular formula is C13H11BrN2O3. The highest BCUT2D eigenvalue weighted by atomic mass is 79.9. The van der Waals surface area contributed by atoms with Crippen LogP contribution >= 0.6 is 15.9 Å². The Bertz CT molecular complexity index is 617. The summed E-state index contributed by atoms with van der Waals surface area (Å²) in [6.07, 6.45) is 0. The minimum Gasteiger partial charge on any atom is -0.487 e. The predicted octanol–water partition coefficient (Wildman–Crippen LogP) is 3.52. The standard InChI is InChI=1S/C13H11BrN2O3/c14-13-11(16(17)18)5-2-6-12(13)19-8-9-3-1-4-10(15)7-9/h1-7H,8,15H2. The molecule has 2 aromatic rings. The van der Waals surface area contributed by atoms with Gasteiger partial charge in [0.2, 0.25) is 0 Å². The van der Waals surface area contributed by atoms with Crippen molar-refractivity contribution in [2.45, 2.75) is 6.61 Å². The molecule has 0 bridgehead atoms. The number of nitro benzene ring substituents is 1. The maximum Gasteiger partial charge on any atom is 0.287 e. The number of benzene rings is 2. The lowest BCUT2D eigenvalue weighted by Gasteiger charge is -2.08. The van der Waals surface area contributed by atoms with Crippen molar-refractivity contribution in [3.05, 3.63) is 62.6 Å². The number of nitrogens with zero attached hydrogens (tertiary/aromatic N) is 1. The smallest absolute Gasteiger partial charge is 0.287 e. The Labute approximate surface area is 118 Å². The van der Waals surface area contributed by atoms with Crippen LogP contribution in [0, 0.1) is 10.1 Å². The summed E-state index contributed by atoms with van der Waals surface area (Å²) in [4.78, 5) is 10.3. The maximum absolute atomic E-state index is 10.8. The summed E-state index contributed by atoms with van der Waals surface area (Å²) in [7, 11) is 0. The van der Waals surface area contributed by atoms with Gasteiger partial charge in [0.1, 0.15) is 16.8 Å². The molecule has 0 radical (unpaired) electrons. The van der Waals surface area contributed by atoms with E-state index in [9.17, 15) is 10.1 Å². The number of nitrogens with two attached hydrogens (primary N) is 1. The second kappa shape index (κ2) is 5.71. The molecule has 2 rings (SSSR count). The van der Waals surface area contributed by atoms with E-state index in [-0.39, 0.29) is 5.69 Å². The van der Waals surface area contributed by atoms with Gasteiger partial charge in [0.15, 0.2) is 0 Å². The van der Waals surface area contributed by atoms with Gasteiger partial charge in [-0.2, -0.15) is 0 Å². The first-order chi connectivity index (χ1) is 9.08. The van der Waals surface area contributed by atoms with Gasteiger partial charge in [-0.25, -0.2) is 0 Å². The van der Waals surface area contributed by atoms with Crippen LogP contribution in [-0.4, -0.2) is 4.92 Å². The van der Waals surface area contributed by atoms with Gasteiger partial charge < -0.3 is 10.5 Å². The molecule has 98 valence electrons. The number of hydrogen-bond acceptors (Lipinski definition) is 4. The monoisotopic (exact) mass is 322 g/mol. The number of nitro groups is 1. The zero-order chi connectivity index (χ0) is 13.8. The first-order valence-electron chi connectivity index (χ1n) is 5.48. The van der Waals surface area contributed by atoms with Crippen LogP contribution < -0.4 is 10.5 Å². The van der Waals surface area contributed by atoms with E-state index in [1.54, 1.807) is 24.3 Å². The highest BCUT2D eigenvalue weighted by molar-refractivity contribution is 9.10. The van der Waals surface area contributed by atoms with Crippen molar-refractivity contribution in [2.75, 3.05) is 5.73 Å².